The second-order valence-corrected chi connectivity index (χ2v) is 11.0. The topological polar surface area (TPSA) is 60.2 Å². The summed E-state index contributed by atoms with van der Waals surface area (Å²) in [5.74, 6) is 0.397. The van der Waals surface area contributed by atoms with E-state index >= 15 is 0 Å². The van der Waals surface area contributed by atoms with E-state index < -0.39 is 5.97 Å². The zero-order valence-corrected chi connectivity index (χ0v) is 25.5. The van der Waals surface area contributed by atoms with Crippen LogP contribution in [0.4, 0.5) is 15.8 Å². The first kappa shape index (κ1) is 33.0. The number of aryl methyl sites for hydroxylation is 1. The zero-order valence-electron chi connectivity index (χ0n) is 25.5. The SMILES string of the molecule is CCCCCCCCCCCCCCCCOc1ccc(C(=O)Oc2ccc(N=Nc3cccc(F)c3)cc2C)cc1. The van der Waals surface area contributed by atoms with Crippen LogP contribution in [0.2, 0.25) is 0 Å². The molecule has 42 heavy (non-hydrogen) atoms. The number of halogens is 1. The summed E-state index contributed by atoms with van der Waals surface area (Å²) in [4.78, 5) is 12.7. The molecule has 3 aromatic carbocycles. The molecule has 0 aliphatic heterocycles. The van der Waals surface area contributed by atoms with Gasteiger partial charge in [0.1, 0.15) is 17.3 Å². The van der Waals surface area contributed by atoms with E-state index in [0.29, 0.717) is 29.3 Å². The molecule has 0 aliphatic rings. The molecule has 0 aromatic heterocycles. The Morgan fingerprint density at radius 1 is 0.690 bits per heavy atom. The molecule has 0 spiro atoms. The van der Waals surface area contributed by atoms with Gasteiger partial charge >= 0.3 is 5.97 Å². The number of azo groups is 1. The second kappa shape index (κ2) is 19.6. The van der Waals surface area contributed by atoms with Crippen molar-refractivity contribution < 1.29 is 18.7 Å². The number of unbranched alkanes of at least 4 members (excludes halogenated alkanes) is 13. The number of hydrogen-bond donors (Lipinski definition) is 0. The van der Waals surface area contributed by atoms with Crippen LogP contribution in [-0.4, -0.2) is 12.6 Å². The van der Waals surface area contributed by atoms with Crippen LogP contribution < -0.4 is 9.47 Å². The fourth-order valence-corrected chi connectivity index (χ4v) is 4.80. The molecule has 226 valence electrons. The van der Waals surface area contributed by atoms with Gasteiger partial charge in [0.05, 0.1) is 23.5 Å². The summed E-state index contributed by atoms with van der Waals surface area (Å²) in [6.45, 7) is 4.79. The van der Waals surface area contributed by atoms with Crippen molar-refractivity contribution in [2.75, 3.05) is 6.61 Å². The quantitative estimate of drug-likeness (QED) is 0.0583. The lowest BCUT2D eigenvalue weighted by atomic mass is 10.0. The normalized spacial score (nSPS) is 11.2. The highest BCUT2D eigenvalue weighted by atomic mass is 19.1. The molecule has 0 atom stereocenters. The molecule has 0 heterocycles. The number of benzene rings is 3. The average molecular weight is 575 g/mol. The summed E-state index contributed by atoms with van der Waals surface area (Å²) in [6.07, 6.45) is 18.7. The first-order valence-electron chi connectivity index (χ1n) is 15.8. The number of nitrogens with zero attached hydrogens (tertiary/aromatic N) is 2. The molecule has 0 aliphatic carbocycles. The van der Waals surface area contributed by atoms with Crippen molar-refractivity contribution in [3.8, 4) is 11.5 Å². The van der Waals surface area contributed by atoms with E-state index in [-0.39, 0.29) is 5.82 Å². The second-order valence-electron chi connectivity index (χ2n) is 11.0. The van der Waals surface area contributed by atoms with Gasteiger partial charge in [0.25, 0.3) is 0 Å². The van der Waals surface area contributed by atoms with Crippen molar-refractivity contribution in [2.45, 2.75) is 104 Å². The van der Waals surface area contributed by atoms with Gasteiger partial charge in [-0.1, -0.05) is 96.5 Å². The van der Waals surface area contributed by atoms with Crippen LogP contribution >= 0.6 is 0 Å². The molecule has 0 N–H and O–H groups in total. The van der Waals surface area contributed by atoms with Crippen molar-refractivity contribution in [3.63, 3.8) is 0 Å². The minimum absolute atomic E-state index is 0.366. The lowest BCUT2D eigenvalue weighted by molar-refractivity contribution is 0.0733. The molecular weight excluding hydrogens is 527 g/mol. The third kappa shape index (κ3) is 13.0. The van der Waals surface area contributed by atoms with Gasteiger partial charge in [-0.15, -0.1) is 0 Å². The standard InChI is InChI=1S/C36H47FN2O3/c1-3-4-5-6-7-8-9-10-11-12-13-14-15-16-26-41-34-23-20-30(21-24-34)36(40)42-35-25-22-33(27-29(35)2)39-38-32-19-17-18-31(37)28-32/h17-25,27-28H,3-16,26H2,1-2H3. The van der Waals surface area contributed by atoms with Crippen LogP contribution in [-0.2, 0) is 0 Å². The van der Waals surface area contributed by atoms with Crippen molar-refractivity contribution in [1.29, 1.82) is 0 Å². The largest absolute Gasteiger partial charge is 0.494 e. The summed E-state index contributed by atoms with van der Waals surface area (Å²) in [6, 6.07) is 18.1. The highest BCUT2D eigenvalue weighted by Crippen LogP contribution is 2.26. The van der Waals surface area contributed by atoms with E-state index in [1.54, 1.807) is 42.5 Å². The molecule has 3 aromatic rings. The Hall–Kier alpha value is -3.54. The Labute approximate surface area is 251 Å². The van der Waals surface area contributed by atoms with Gasteiger partial charge in [0, 0.05) is 6.07 Å². The van der Waals surface area contributed by atoms with E-state index in [1.807, 2.05) is 19.1 Å². The van der Waals surface area contributed by atoms with Crippen LogP contribution in [0.25, 0.3) is 0 Å². The highest BCUT2D eigenvalue weighted by molar-refractivity contribution is 5.91. The molecule has 0 amide bonds. The monoisotopic (exact) mass is 574 g/mol. The molecule has 0 bridgehead atoms. The number of rotatable bonds is 20. The molecule has 3 rings (SSSR count). The van der Waals surface area contributed by atoms with Crippen LogP contribution in [0.15, 0.2) is 77.0 Å². The number of hydrogen-bond acceptors (Lipinski definition) is 5. The third-order valence-corrected chi connectivity index (χ3v) is 7.31. The maximum absolute atomic E-state index is 13.3. The maximum atomic E-state index is 13.3. The summed E-state index contributed by atoms with van der Waals surface area (Å²) in [7, 11) is 0. The number of esters is 1. The summed E-state index contributed by atoms with van der Waals surface area (Å²) in [5.41, 5.74) is 2.20. The first-order valence-corrected chi connectivity index (χ1v) is 15.8. The lowest BCUT2D eigenvalue weighted by Crippen LogP contribution is -2.09. The van der Waals surface area contributed by atoms with Crippen molar-refractivity contribution in [2.24, 2.45) is 10.2 Å². The predicted molar refractivity (Wildman–Crippen MR) is 169 cm³/mol. The molecule has 0 saturated carbocycles. The Balaban J connectivity index is 1.27. The predicted octanol–water partition coefficient (Wildman–Crippen LogP) is 11.6. The molecule has 0 fully saturated rings. The van der Waals surface area contributed by atoms with Crippen LogP contribution in [0.5, 0.6) is 11.5 Å². The Kier molecular flexibility index (Phi) is 15.4. The minimum atomic E-state index is -0.439. The van der Waals surface area contributed by atoms with Gasteiger partial charge in [-0.25, -0.2) is 9.18 Å². The zero-order chi connectivity index (χ0) is 29.8. The number of carbonyl (C=O) groups is 1. The fourth-order valence-electron chi connectivity index (χ4n) is 4.80. The fraction of sp³-hybridized carbons (Fsp3) is 0.472. The smallest absolute Gasteiger partial charge is 0.343 e. The van der Waals surface area contributed by atoms with Crippen LogP contribution in [0, 0.1) is 12.7 Å². The van der Waals surface area contributed by atoms with E-state index in [9.17, 15) is 9.18 Å². The number of ether oxygens (including phenoxy) is 2. The van der Waals surface area contributed by atoms with Crippen molar-refractivity contribution in [3.05, 3.63) is 83.7 Å². The van der Waals surface area contributed by atoms with Gasteiger partial charge in [0.2, 0.25) is 0 Å². The first-order chi connectivity index (χ1) is 20.5. The lowest BCUT2D eigenvalue weighted by Gasteiger charge is -2.09. The summed E-state index contributed by atoms with van der Waals surface area (Å²) in [5, 5.41) is 8.19. The molecule has 0 saturated heterocycles. The molecule has 6 heteroatoms. The minimum Gasteiger partial charge on any atom is -0.494 e. The van der Waals surface area contributed by atoms with Crippen LogP contribution in [0.1, 0.15) is 113 Å². The van der Waals surface area contributed by atoms with Gasteiger partial charge in [-0.2, -0.15) is 10.2 Å². The van der Waals surface area contributed by atoms with Crippen LogP contribution in [0.3, 0.4) is 0 Å². The van der Waals surface area contributed by atoms with E-state index in [1.165, 1.54) is 95.6 Å². The third-order valence-electron chi connectivity index (χ3n) is 7.31. The summed E-state index contributed by atoms with van der Waals surface area (Å²) < 4.78 is 24.8. The Morgan fingerprint density at radius 2 is 1.26 bits per heavy atom. The van der Waals surface area contributed by atoms with Gasteiger partial charge < -0.3 is 9.47 Å². The molecule has 0 radical (unpaired) electrons. The average Bonchev–Trinajstić information content (AvgIpc) is 2.99. The van der Waals surface area contributed by atoms with Gasteiger partial charge in [-0.3, -0.25) is 0 Å². The van der Waals surface area contributed by atoms with E-state index in [0.717, 1.165) is 17.7 Å². The highest BCUT2D eigenvalue weighted by Gasteiger charge is 2.11. The van der Waals surface area contributed by atoms with Crippen molar-refractivity contribution in [1.82, 2.24) is 0 Å². The Bertz CT molecular complexity index is 1230. The van der Waals surface area contributed by atoms with E-state index in [4.69, 9.17) is 9.47 Å². The van der Waals surface area contributed by atoms with Gasteiger partial charge in [0.15, 0.2) is 0 Å². The van der Waals surface area contributed by atoms with E-state index in [2.05, 4.69) is 17.2 Å². The molecule has 5 nitrogen and oxygen atoms in total. The van der Waals surface area contributed by atoms with Crippen molar-refractivity contribution >= 4 is 17.3 Å². The molecule has 0 unspecified atom stereocenters. The molecular formula is C36H47FN2O3. The summed E-state index contributed by atoms with van der Waals surface area (Å²) >= 11 is 0. The number of carbonyl (C=O) groups excluding carboxylic acids is 1. The maximum Gasteiger partial charge on any atom is 0.343 e. The Morgan fingerprint density at radius 3 is 1.83 bits per heavy atom. The van der Waals surface area contributed by atoms with Gasteiger partial charge in [-0.05, 0) is 73.5 Å².